The zero-order valence-electron chi connectivity index (χ0n) is 13.4. The molecule has 1 amide bonds. The number of rotatable bonds is 5. The molecule has 2 aromatic rings. The number of amides is 1. The van der Waals surface area contributed by atoms with Gasteiger partial charge in [-0.15, -0.1) is 11.3 Å². The van der Waals surface area contributed by atoms with E-state index in [4.69, 9.17) is 4.74 Å². The molecule has 2 aromatic heterocycles. The van der Waals surface area contributed by atoms with Crippen molar-refractivity contribution in [2.45, 2.75) is 27.4 Å². The van der Waals surface area contributed by atoms with Crippen LogP contribution in [0, 0.1) is 5.92 Å². The van der Waals surface area contributed by atoms with Crippen molar-refractivity contribution in [2.75, 3.05) is 26.7 Å². The van der Waals surface area contributed by atoms with Crippen molar-refractivity contribution in [3.63, 3.8) is 0 Å². The zero-order valence-corrected chi connectivity index (χ0v) is 15.8. The Labute approximate surface area is 153 Å². The van der Waals surface area contributed by atoms with Gasteiger partial charge in [-0.05, 0) is 55.7 Å². The van der Waals surface area contributed by atoms with Gasteiger partial charge in [-0.25, -0.2) is 4.98 Å². The molecular weight excluding hydrogens is 362 g/mol. The van der Waals surface area contributed by atoms with E-state index in [0.717, 1.165) is 25.0 Å². The molecule has 3 fully saturated rings. The number of thiazole rings is 1. The molecule has 24 heavy (non-hydrogen) atoms. The number of ether oxygens (including phenoxy) is 1. The molecule has 8 heteroatoms. The minimum atomic E-state index is 0.0577. The summed E-state index contributed by atoms with van der Waals surface area (Å²) in [5, 5.41) is 4.04. The maximum Gasteiger partial charge on any atom is 0.261 e. The fourth-order valence-corrected chi connectivity index (χ4v) is 6.37. The standard InChI is InChI=1S/C16H19N3O2S3/c1-21-13-8-17-16(23-13)24-14-3-2-12(22-14)15(20)18-11-9-19-6-4-10(11)5-7-19/h2-3,8,10-11H,4-7,9H2,1H3,(H,18,20)/t11-/m0/s1. The largest absolute Gasteiger partial charge is 0.486 e. The third-order valence-corrected chi connectivity index (χ3v) is 7.88. The predicted molar refractivity (Wildman–Crippen MR) is 97.5 cm³/mol. The molecule has 1 N–H and O–H groups in total. The van der Waals surface area contributed by atoms with Gasteiger partial charge in [0.15, 0.2) is 9.40 Å². The number of carbonyl (C=O) groups is 1. The lowest BCUT2D eigenvalue weighted by Gasteiger charge is -2.44. The SMILES string of the molecule is COc1cnc(Sc2ccc(C(=O)N[C@H]3CN4CCC3CC4)s2)s1. The van der Waals surface area contributed by atoms with E-state index in [1.54, 1.807) is 25.1 Å². The van der Waals surface area contributed by atoms with E-state index in [-0.39, 0.29) is 5.91 Å². The minimum absolute atomic E-state index is 0.0577. The Morgan fingerprint density at radius 1 is 1.38 bits per heavy atom. The minimum Gasteiger partial charge on any atom is -0.486 e. The molecule has 0 spiro atoms. The molecule has 3 aliphatic heterocycles. The summed E-state index contributed by atoms with van der Waals surface area (Å²) in [5.74, 6) is 0.706. The first-order valence-corrected chi connectivity index (χ1v) is 10.5. The van der Waals surface area contributed by atoms with Crippen LogP contribution < -0.4 is 10.1 Å². The average Bonchev–Trinajstić information content (AvgIpc) is 3.26. The third-order valence-electron chi connectivity index (χ3n) is 4.63. The highest BCUT2D eigenvalue weighted by Crippen LogP contribution is 2.37. The highest BCUT2D eigenvalue weighted by Gasteiger charge is 2.35. The van der Waals surface area contributed by atoms with Gasteiger partial charge in [0.1, 0.15) is 0 Å². The van der Waals surface area contributed by atoms with Gasteiger partial charge in [0.2, 0.25) is 0 Å². The van der Waals surface area contributed by atoms with Crippen LogP contribution in [-0.4, -0.2) is 48.6 Å². The number of carbonyl (C=O) groups excluding carboxylic acids is 1. The van der Waals surface area contributed by atoms with E-state index in [1.165, 1.54) is 48.6 Å². The zero-order chi connectivity index (χ0) is 16.5. The van der Waals surface area contributed by atoms with Crippen molar-refractivity contribution in [1.82, 2.24) is 15.2 Å². The van der Waals surface area contributed by atoms with Crippen LogP contribution in [0.25, 0.3) is 0 Å². The average molecular weight is 382 g/mol. The molecule has 1 atom stereocenters. The topological polar surface area (TPSA) is 54.5 Å². The first kappa shape index (κ1) is 16.4. The molecule has 0 unspecified atom stereocenters. The molecule has 0 radical (unpaired) electrons. The van der Waals surface area contributed by atoms with E-state index in [9.17, 15) is 4.79 Å². The summed E-state index contributed by atoms with van der Waals surface area (Å²) in [4.78, 5) is 20.1. The molecule has 128 valence electrons. The number of piperidine rings is 3. The molecular formula is C16H19N3O2S3. The highest BCUT2D eigenvalue weighted by molar-refractivity contribution is 8.02. The number of thiophene rings is 1. The summed E-state index contributed by atoms with van der Waals surface area (Å²) in [6, 6.07) is 4.21. The third kappa shape index (κ3) is 3.46. The smallest absolute Gasteiger partial charge is 0.261 e. The molecule has 0 aromatic carbocycles. The van der Waals surface area contributed by atoms with E-state index < -0.39 is 0 Å². The molecule has 5 heterocycles. The van der Waals surface area contributed by atoms with Gasteiger partial charge < -0.3 is 15.0 Å². The maximum absolute atomic E-state index is 12.5. The molecule has 3 aliphatic rings. The van der Waals surface area contributed by atoms with Crippen LogP contribution >= 0.6 is 34.4 Å². The van der Waals surface area contributed by atoms with Crippen molar-refractivity contribution in [2.24, 2.45) is 5.92 Å². The normalized spacial score (nSPS) is 25.6. The summed E-state index contributed by atoms with van der Waals surface area (Å²) in [5.41, 5.74) is 0. The predicted octanol–water partition coefficient (Wildman–Crippen LogP) is 3.19. The molecule has 2 bridgehead atoms. The molecule has 0 aliphatic carbocycles. The second-order valence-electron chi connectivity index (χ2n) is 6.09. The van der Waals surface area contributed by atoms with Gasteiger partial charge in [0.05, 0.1) is 22.4 Å². The van der Waals surface area contributed by atoms with Gasteiger partial charge in [-0.2, -0.15) is 0 Å². The number of hydrogen-bond acceptors (Lipinski definition) is 7. The number of fused-ring (bicyclic) bond motifs is 3. The number of nitrogens with one attached hydrogen (secondary N) is 1. The van der Waals surface area contributed by atoms with Gasteiger partial charge in [0.25, 0.3) is 5.91 Å². The van der Waals surface area contributed by atoms with Crippen LogP contribution in [0.4, 0.5) is 0 Å². The monoisotopic (exact) mass is 381 g/mol. The van der Waals surface area contributed by atoms with Crippen LogP contribution in [0.15, 0.2) is 26.9 Å². The maximum atomic E-state index is 12.5. The Kier molecular flexibility index (Phi) is 4.80. The number of hydrogen-bond donors (Lipinski definition) is 1. The molecule has 5 nitrogen and oxygen atoms in total. The van der Waals surface area contributed by atoms with Crippen LogP contribution in [0.3, 0.4) is 0 Å². The lowest BCUT2D eigenvalue weighted by atomic mass is 9.84. The van der Waals surface area contributed by atoms with Crippen molar-refractivity contribution in [3.05, 3.63) is 23.2 Å². The van der Waals surface area contributed by atoms with Crippen LogP contribution in [0.1, 0.15) is 22.5 Å². The van der Waals surface area contributed by atoms with Gasteiger partial charge in [-0.3, -0.25) is 4.79 Å². The van der Waals surface area contributed by atoms with Crippen molar-refractivity contribution in [3.8, 4) is 5.06 Å². The summed E-state index contributed by atoms with van der Waals surface area (Å²) < 4.78 is 7.17. The van der Waals surface area contributed by atoms with E-state index in [2.05, 4.69) is 15.2 Å². The summed E-state index contributed by atoms with van der Waals surface area (Å²) in [7, 11) is 1.64. The van der Waals surface area contributed by atoms with E-state index >= 15 is 0 Å². The van der Waals surface area contributed by atoms with E-state index in [1.807, 2.05) is 12.1 Å². The van der Waals surface area contributed by atoms with Crippen LogP contribution in [0.5, 0.6) is 5.06 Å². The Hall–Kier alpha value is -1.09. The lowest BCUT2D eigenvalue weighted by Crippen LogP contribution is -2.57. The highest BCUT2D eigenvalue weighted by atomic mass is 32.2. The summed E-state index contributed by atoms with van der Waals surface area (Å²) >= 11 is 4.61. The van der Waals surface area contributed by atoms with Gasteiger partial charge >= 0.3 is 0 Å². The lowest BCUT2D eigenvalue weighted by molar-refractivity contribution is 0.0622. The second kappa shape index (κ2) is 7.03. The molecule has 5 rings (SSSR count). The number of aromatic nitrogens is 1. The number of methoxy groups -OCH3 is 1. The Balaban J connectivity index is 1.38. The van der Waals surface area contributed by atoms with Crippen molar-refractivity contribution < 1.29 is 9.53 Å². The Bertz CT molecular complexity index is 722. The summed E-state index contributed by atoms with van der Waals surface area (Å²) in [6.07, 6.45) is 4.15. The second-order valence-corrected chi connectivity index (χ2v) is 9.71. The van der Waals surface area contributed by atoms with E-state index in [0.29, 0.717) is 12.0 Å². The van der Waals surface area contributed by atoms with Crippen molar-refractivity contribution >= 4 is 40.3 Å². The first-order chi connectivity index (χ1) is 11.7. The van der Waals surface area contributed by atoms with Crippen LogP contribution in [-0.2, 0) is 0 Å². The number of nitrogens with zero attached hydrogens (tertiary/aromatic N) is 2. The fraction of sp³-hybridized carbons (Fsp3) is 0.500. The van der Waals surface area contributed by atoms with Gasteiger partial charge in [0, 0.05) is 12.6 Å². The Morgan fingerprint density at radius 2 is 2.21 bits per heavy atom. The Morgan fingerprint density at radius 3 is 2.88 bits per heavy atom. The van der Waals surface area contributed by atoms with Gasteiger partial charge in [-0.1, -0.05) is 11.3 Å². The fourth-order valence-electron chi connectivity index (χ4n) is 3.34. The van der Waals surface area contributed by atoms with Crippen molar-refractivity contribution in [1.29, 1.82) is 0 Å². The van der Waals surface area contributed by atoms with Crippen LogP contribution in [0.2, 0.25) is 0 Å². The quantitative estimate of drug-likeness (QED) is 0.862. The molecule has 0 saturated carbocycles. The first-order valence-electron chi connectivity index (χ1n) is 8.02. The molecule has 3 saturated heterocycles. The summed E-state index contributed by atoms with van der Waals surface area (Å²) in [6.45, 7) is 3.38.